The van der Waals surface area contributed by atoms with Crippen LogP contribution in [0.15, 0.2) is 85.1 Å². The fourth-order valence-electron chi connectivity index (χ4n) is 4.88. The Labute approximate surface area is 196 Å². The second kappa shape index (κ2) is 9.53. The lowest BCUT2D eigenvalue weighted by atomic mass is 10.1. The van der Waals surface area contributed by atoms with E-state index < -0.39 is 0 Å². The van der Waals surface area contributed by atoms with Gasteiger partial charge in [-0.1, -0.05) is 60.7 Å². The molecule has 4 heteroatoms. The maximum atomic E-state index is 13.0. The molecule has 1 fully saturated rings. The molecule has 5 rings (SSSR count). The van der Waals surface area contributed by atoms with E-state index in [1.807, 2.05) is 11.0 Å². The molecule has 1 saturated heterocycles. The van der Waals surface area contributed by atoms with E-state index in [-0.39, 0.29) is 5.91 Å². The minimum absolute atomic E-state index is 0.262. The number of aromatic nitrogens is 1. The van der Waals surface area contributed by atoms with Gasteiger partial charge in [-0.05, 0) is 48.2 Å². The SMILES string of the molecule is Cc1ccccc1Cn1cc(CCC(=O)N2CCN(c3ccccc3)CC2)c2ccccc21. The Morgan fingerprint density at radius 3 is 2.27 bits per heavy atom. The third-order valence-electron chi connectivity index (χ3n) is 6.83. The molecule has 168 valence electrons. The third kappa shape index (κ3) is 4.65. The third-order valence-corrected chi connectivity index (χ3v) is 6.83. The molecule has 2 heterocycles. The molecular formula is C29H31N3O. The molecular weight excluding hydrogens is 406 g/mol. The lowest BCUT2D eigenvalue weighted by molar-refractivity contribution is -0.131. The van der Waals surface area contributed by atoms with Gasteiger partial charge in [0.2, 0.25) is 5.91 Å². The van der Waals surface area contributed by atoms with Crippen molar-refractivity contribution in [2.45, 2.75) is 26.3 Å². The van der Waals surface area contributed by atoms with Crippen molar-refractivity contribution in [1.82, 2.24) is 9.47 Å². The van der Waals surface area contributed by atoms with Crippen LogP contribution in [0, 0.1) is 6.92 Å². The summed E-state index contributed by atoms with van der Waals surface area (Å²) in [4.78, 5) is 17.4. The number of amides is 1. The average Bonchev–Trinajstić information content (AvgIpc) is 3.22. The van der Waals surface area contributed by atoms with E-state index in [0.29, 0.717) is 6.42 Å². The van der Waals surface area contributed by atoms with E-state index in [1.54, 1.807) is 0 Å². The number of rotatable bonds is 6. The van der Waals surface area contributed by atoms with Crippen molar-refractivity contribution in [3.63, 3.8) is 0 Å². The molecule has 0 bridgehead atoms. The zero-order valence-electron chi connectivity index (χ0n) is 19.3. The number of hydrogen-bond acceptors (Lipinski definition) is 2. The number of fused-ring (bicyclic) bond motifs is 1. The summed E-state index contributed by atoms with van der Waals surface area (Å²) in [5.74, 6) is 0.262. The largest absolute Gasteiger partial charge is 0.368 e. The Kier molecular flexibility index (Phi) is 6.16. The van der Waals surface area contributed by atoms with Gasteiger partial charge in [0.15, 0.2) is 0 Å². The van der Waals surface area contributed by atoms with Gasteiger partial charge in [-0.2, -0.15) is 0 Å². The van der Waals surface area contributed by atoms with Gasteiger partial charge in [0.25, 0.3) is 0 Å². The van der Waals surface area contributed by atoms with E-state index >= 15 is 0 Å². The number of aryl methyl sites for hydroxylation is 2. The van der Waals surface area contributed by atoms with Gasteiger partial charge >= 0.3 is 0 Å². The highest BCUT2D eigenvalue weighted by Crippen LogP contribution is 2.25. The summed E-state index contributed by atoms with van der Waals surface area (Å²) in [6, 6.07) is 27.6. The van der Waals surface area contributed by atoms with Gasteiger partial charge in [0.1, 0.15) is 0 Å². The van der Waals surface area contributed by atoms with Crippen LogP contribution in [0.2, 0.25) is 0 Å². The standard InChI is InChI=1S/C29H31N3O/c1-23-9-5-6-10-24(23)21-32-22-25(27-13-7-8-14-28(27)32)15-16-29(33)31-19-17-30(18-20-31)26-11-3-2-4-12-26/h2-14,22H,15-21H2,1H3. The van der Waals surface area contributed by atoms with Crippen LogP contribution in [0.4, 0.5) is 5.69 Å². The molecule has 0 N–H and O–H groups in total. The first kappa shape index (κ1) is 21.3. The summed E-state index contributed by atoms with van der Waals surface area (Å²) in [5, 5.41) is 1.26. The van der Waals surface area contributed by atoms with Crippen LogP contribution in [-0.4, -0.2) is 41.6 Å². The normalized spacial score (nSPS) is 14.1. The van der Waals surface area contributed by atoms with Gasteiger partial charge in [0, 0.05) is 61.9 Å². The Morgan fingerprint density at radius 2 is 1.48 bits per heavy atom. The molecule has 4 nitrogen and oxygen atoms in total. The van der Waals surface area contributed by atoms with E-state index in [0.717, 1.165) is 39.1 Å². The number of carbonyl (C=O) groups is 1. The number of piperazine rings is 1. The Balaban J connectivity index is 1.24. The Hall–Kier alpha value is -3.53. The van der Waals surface area contributed by atoms with Crippen LogP contribution in [0.1, 0.15) is 23.1 Å². The number of para-hydroxylation sites is 2. The van der Waals surface area contributed by atoms with Crippen molar-refractivity contribution < 1.29 is 4.79 Å². The number of anilines is 1. The quantitative estimate of drug-likeness (QED) is 0.411. The molecule has 1 aliphatic heterocycles. The lowest BCUT2D eigenvalue weighted by Crippen LogP contribution is -2.48. The monoisotopic (exact) mass is 437 g/mol. The summed E-state index contributed by atoms with van der Waals surface area (Å²) >= 11 is 0. The van der Waals surface area contributed by atoms with Gasteiger partial charge in [-0.15, -0.1) is 0 Å². The molecule has 1 aliphatic rings. The van der Waals surface area contributed by atoms with Crippen LogP contribution < -0.4 is 4.90 Å². The van der Waals surface area contributed by atoms with E-state index in [9.17, 15) is 4.79 Å². The maximum Gasteiger partial charge on any atom is 0.223 e. The van der Waals surface area contributed by atoms with Gasteiger partial charge in [0.05, 0.1) is 0 Å². The molecule has 0 unspecified atom stereocenters. The van der Waals surface area contributed by atoms with E-state index in [1.165, 1.54) is 33.3 Å². The summed E-state index contributed by atoms with van der Waals surface area (Å²) in [6.45, 7) is 6.39. The molecule has 3 aromatic carbocycles. The summed E-state index contributed by atoms with van der Waals surface area (Å²) in [7, 11) is 0. The van der Waals surface area contributed by atoms with E-state index in [4.69, 9.17) is 0 Å². The second-order valence-corrected chi connectivity index (χ2v) is 8.93. The first-order valence-corrected chi connectivity index (χ1v) is 11.9. The topological polar surface area (TPSA) is 28.5 Å². The number of nitrogens with zero attached hydrogens (tertiary/aromatic N) is 3. The minimum atomic E-state index is 0.262. The predicted octanol–water partition coefficient (Wildman–Crippen LogP) is 5.28. The highest BCUT2D eigenvalue weighted by atomic mass is 16.2. The highest BCUT2D eigenvalue weighted by Gasteiger charge is 2.21. The second-order valence-electron chi connectivity index (χ2n) is 8.93. The van der Waals surface area contributed by atoms with Crippen LogP contribution in [0.25, 0.3) is 10.9 Å². The van der Waals surface area contributed by atoms with Crippen molar-refractivity contribution in [3.8, 4) is 0 Å². The molecule has 1 aromatic heterocycles. The fourth-order valence-corrected chi connectivity index (χ4v) is 4.88. The average molecular weight is 438 g/mol. The smallest absolute Gasteiger partial charge is 0.223 e. The first-order chi connectivity index (χ1) is 16.2. The lowest BCUT2D eigenvalue weighted by Gasteiger charge is -2.36. The molecule has 0 radical (unpaired) electrons. The number of carbonyl (C=O) groups excluding carboxylic acids is 1. The highest BCUT2D eigenvalue weighted by molar-refractivity contribution is 5.85. The van der Waals surface area contributed by atoms with Crippen molar-refractivity contribution in [2.75, 3.05) is 31.1 Å². The van der Waals surface area contributed by atoms with Gasteiger partial charge < -0.3 is 14.4 Å². The van der Waals surface area contributed by atoms with Crippen LogP contribution in [0.5, 0.6) is 0 Å². The first-order valence-electron chi connectivity index (χ1n) is 11.9. The van der Waals surface area contributed by atoms with Crippen molar-refractivity contribution in [2.24, 2.45) is 0 Å². The van der Waals surface area contributed by atoms with Crippen LogP contribution in [-0.2, 0) is 17.8 Å². The van der Waals surface area contributed by atoms with Crippen molar-refractivity contribution in [1.29, 1.82) is 0 Å². The molecule has 0 atom stereocenters. The molecule has 1 amide bonds. The maximum absolute atomic E-state index is 13.0. The zero-order valence-corrected chi connectivity index (χ0v) is 19.3. The van der Waals surface area contributed by atoms with Crippen molar-refractivity contribution in [3.05, 3.63) is 102 Å². The van der Waals surface area contributed by atoms with E-state index in [2.05, 4.69) is 95.4 Å². The zero-order chi connectivity index (χ0) is 22.6. The van der Waals surface area contributed by atoms with Crippen molar-refractivity contribution >= 4 is 22.5 Å². The Bertz CT molecular complexity index is 1240. The summed E-state index contributed by atoms with van der Waals surface area (Å²) in [6.07, 6.45) is 3.58. The predicted molar refractivity (Wildman–Crippen MR) is 136 cm³/mol. The van der Waals surface area contributed by atoms with Gasteiger partial charge in [-0.25, -0.2) is 0 Å². The molecule has 0 saturated carbocycles. The summed E-state index contributed by atoms with van der Waals surface area (Å²) < 4.78 is 2.33. The van der Waals surface area contributed by atoms with Crippen LogP contribution >= 0.6 is 0 Å². The fraction of sp³-hybridized carbons (Fsp3) is 0.276. The van der Waals surface area contributed by atoms with Crippen LogP contribution in [0.3, 0.4) is 0 Å². The molecule has 4 aromatic rings. The molecule has 0 aliphatic carbocycles. The molecule has 33 heavy (non-hydrogen) atoms. The van der Waals surface area contributed by atoms with Gasteiger partial charge in [-0.3, -0.25) is 4.79 Å². The number of benzene rings is 3. The summed E-state index contributed by atoms with van der Waals surface area (Å²) in [5.41, 5.74) is 6.38. The number of hydrogen-bond donors (Lipinski definition) is 0. The Morgan fingerprint density at radius 1 is 0.788 bits per heavy atom. The molecule has 0 spiro atoms. The minimum Gasteiger partial charge on any atom is -0.368 e.